The predicted molar refractivity (Wildman–Crippen MR) is 68.2 cm³/mol. The maximum Gasteiger partial charge on any atom is 0.307 e. The summed E-state index contributed by atoms with van der Waals surface area (Å²) in [4.78, 5) is 20.6. The molecule has 4 N–H and O–H groups in total. The third-order valence-electron chi connectivity index (χ3n) is 2.87. The van der Waals surface area contributed by atoms with Crippen LogP contribution in [0.25, 0.3) is 0 Å². The smallest absolute Gasteiger partial charge is 0.307 e. The van der Waals surface area contributed by atoms with Crippen LogP contribution in [0.3, 0.4) is 0 Å². The standard InChI is InChI=1S/C11H24NO4P/c1-3-4-5-6-7-10(11(13)14)8-17(15,16)9(2)12/h9-10H,3-8,12H2,1-2H3,(H,13,14)(H,15,16). The minimum absolute atomic E-state index is 0.216. The Morgan fingerprint density at radius 1 is 1.35 bits per heavy atom. The summed E-state index contributed by atoms with van der Waals surface area (Å²) < 4.78 is 11.7. The molecular formula is C11H24NO4P. The van der Waals surface area contributed by atoms with E-state index in [1.165, 1.54) is 6.92 Å². The largest absolute Gasteiger partial charge is 0.481 e. The van der Waals surface area contributed by atoms with Gasteiger partial charge in [0.25, 0.3) is 0 Å². The van der Waals surface area contributed by atoms with Crippen LogP contribution in [0.5, 0.6) is 0 Å². The number of unbranched alkanes of at least 4 members (excludes halogenated alkanes) is 3. The molecule has 0 aromatic heterocycles. The average molecular weight is 265 g/mol. The fourth-order valence-electron chi connectivity index (χ4n) is 1.59. The molecule has 0 aromatic carbocycles. The number of carboxylic acids is 1. The van der Waals surface area contributed by atoms with E-state index in [1.54, 1.807) is 0 Å². The highest BCUT2D eigenvalue weighted by atomic mass is 31.2. The molecule has 0 fully saturated rings. The molecule has 0 aliphatic heterocycles. The Labute approximate surface area is 103 Å². The second-order valence-corrected chi connectivity index (χ2v) is 7.25. The van der Waals surface area contributed by atoms with E-state index in [9.17, 15) is 14.3 Å². The molecule has 6 heteroatoms. The lowest BCUT2D eigenvalue weighted by Gasteiger charge is -2.19. The first-order valence-corrected chi connectivity index (χ1v) is 8.02. The van der Waals surface area contributed by atoms with Gasteiger partial charge in [-0.1, -0.05) is 32.6 Å². The number of carboxylic acid groups (broad SMARTS) is 1. The van der Waals surface area contributed by atoms with Crippen LogP contribution >= 0.6 is 7.37 Å². The van der Waals surface area contributed by atoms with Gasteiger partial charge >= 0.3 is 5.97 Å². The maximum atomic E-state index is 11.7. The lowest BCUT2D eigenvalue weighted by Crippen LogP contribution is -2.24. The Balaban J connectivity index is 4.26. The van der Waals surface area contributed by atoms with Gasteiger partial charge in [0.2, 0.25) is 7.37 Å². The van der Waals surface area contributed by atoms with Crippen molar-refractivity contribution in [2.24, 2.45) is 11.7 Å². The molecule has 0 spiro atoms. The SMILES string of the molecule is CCCCCCC(CP(=O)(O)C(C)N)C(=O)O. The molecule has 5 nitrogen and oxygen atoms in total. The average Bonchev–Trinajstić information content (AvgIpc) is 2.22. The van der Waals surface area contributed by atoms with Crippen LogP contribution in [0, 0.1) is 5.92 Å². The molecule has 3 atom stereocenters. The Morgan fingerprint density at radius 3 is 2.35 bits per heavy atom. The number of hydrogen-bond acceptors (Lipinski definition) is 3. The van der Waals surface area contributed by atoms with Gasteiger partial charge in [0.05, 0.1) is 11.7 Å². The molecule has 0 aliphatic rings. The summed E-state index contributed by atoms with van der Waals surface area (Å²) in [7, 11) is -3.53. The van der Waals surface area contributed by atoms with E-state index in [4.69, 9.17) is 10.8 Å². The highest BCUT2D eigenvalue weighted by Gasteiger charge is 2.31. The van der Waals surface area contributed by atoms with Gasteiger partial charge in [0.1, 0.15) is 0 Å². The van der Waals surface area contributed by atoms with Crippen molar-refractivity contribution in [3.8, 4) is 0 Å². The summed E-state index contributed by atoms with van der Waals surface area (Å²) >= 11 is 0. The number of aliphatic carboxylic acids is 1. The lowest BCUT2D eigenvalue weighted by atomic mass is 10.0. The predicted octanol–water partition coefficient (Wildman–Crippen LogP) is 2.23. The molecule has 102 valence electrons. The number of nitrogens with two attached hydrogens (primary N) is 1. The third kappa shape index (κ3) is 6.81. The molecular weight excluding hydrogens is 241 g/mol. The monoisotopic (exact) mass is 265 g/mol. The van der Waals surface area contributed by atoms with Crippen LogP contribution < -0.4 is 5.73 Å². The Kier molecular flexibility index (Phi) is 7.68. The van der Waals surface area contributed by atoms with Gasteiger partial charge in [-0.2, -0.15) is 0 Å². The number of hydrogen-bond donors (Lipinski definition) is 3. The van der Waals surface area contributed by atoms with Crippen molar-refractivity contribution in [1.82, 2.24) is 0 Å². The first kappa shape index (κ1) is 16.6. The minimum Gasteiger partial charge on any atom is -0.481 e. The van der Waals surface area contributed by atoms with Crippen molar-refractivity contribution in [2.75, 3.05) is 6.16 Å². The molecule has 0 saturated carbocycles. The van der Waals surface area contributed by atoms with Crippen molar-refractivity contribution in [2.45, 2.75) is 51.7 Å². The molecule has 0 radical (unpaired) electrons. The van der Waals surface area contributed by atoms with Gasteiger partial charge < -0.3 is 15.7 Å². The normalized spacial score (nSPS) is 18.4. The molecule has 0 aromatic rings. The summed E-state index contributed by atoms with van der Waals surface area (Å²) in [6.07, 6.45) is 4.13. The topological polar surface area (TPSA) is 101 Å². The van der Waals surface area contributed by atoms with E-state index in [0.717, 1.165) is 25.7 Å². The zero-order valence-corrected chi connectivity index (χ0v) is 11.5. The first-order chi connectivity index (χ1) is 7.81. The quantitative estimate of drug-likeness (QED) is 0.438. The number of carbonyl (C=O) groups is 1. The van der Waals surface area contributed by atoms with E-state index >= 15 is 0 Å². The van der Waals surface area contributed by atoms with Gasteiger partial charge in [-0.25, -0.2) is 0 Å². The van der Waals surface area contributed by atoms with Crippen molar-refractivity contribution in [3.63, 3.8) is 0 Å². The molecule has 0 rings (SSSR count). The molecule has 3 unspecified atom stereocenters. The molecule has 17 heavy (non-hydrogen) atoms. The lowest BCUT2D eigenvalue weighted by molar-refractivity contribution is -0.141. The van der Waals surface area contributed by atoms with E-state index < -0.39 is 25.0 Å². The number of rotatable bonds is 9. The maximum absolute atomic E-state index is 11.7. The molecule has 0 saturated heterocycles. The Hall–Kier alpha value is -0.380. The third-order valence-corrected chi connectivity index (χ3v) is 5.11. The first-order valence-electron chi connectivity index (χ1n) is 6.11. The Bertz CT molecular complexity index is 281. The Morgan fingerprint density at radius 2 is 1.94 bits per heavy atom. The van der Waals surface area contributed by atoms with Crippen LogP contribution in [0.15, 0.2) is 0 Å². The highest BCUT2D eigenvalue weighted by molar-refractivity contribution is 7.58. The fourth-order valence-corrected chi connectivity index (χ4v) is 2.90. The van der Waals surface area contributed by atoms with Gasteiger partial charge in [0.15, 0.2) is 0 Å². The van der Waals surface area contributed by atoms with Crippen LogP contribution in [0.1, 0.15) is 46.0 Å². The van der Waals surface area contributed by atoms with Crippen LogP contribution in [0.2, 0.25) is 0 Å². The van der Waals surface area contributed by atoms with Crippen LogP contribution in [-0.4, -0.2) is 27.9 Å². The van der Waals surface area contributed by atoms with Gasteiger partial charge in [-0.05, 0) is 13.3 Å². The fraction of sp³-hybridized carbons (Fsp3) is 0.909. The summed E-state index contributed by atoms with van der Waals surface area (Å²) in [6.45, 7) is 3.52. The zero-order chi connectivity index (χ0) is 13.5. The summed E-state index contributed by atoms with van der Waals surface area (Å²) in [5.74, 6) is -2.62. The van der Waals surface area contributed by atoms with Crippen molar-refractivity contribution in [3.05, 3.63) is 0 Å². The second-order valence-electron chi connectivity index (χ2n) is 4.56. The molecule has 0 amide bonds. The zero-order valence-electron chi connectivity index (χ0n) is 10.6. The van der Waals surface area contributed by atoms with Crippen LogP contribution in [-0.2, 0) is 9.36 Å². The van der Waals surface area contributed by atoms with E-state index in [1.807, 2.05) is 0 Å². The molecule has 0 heterocycles. The van der Waals surface area contributed by atoms with Crippen molar-refractivity contribution < 1.29 is 19.4 Å². The highest BCUT2D eigenvalue weighted by Crippen LogP contribution is 2.46. The van der Waals surface area contributed by atoms with E-state index in [0.29, 0.717) is 6.42 Å². The molecule has 0 aliphatic carbocycles. The summed E-state index contributed by atoms with van der Waals surface area (Å²) in [6, 6.07) is 0. The minimum atomic E-state index is -3.53. The molecule has 0 bridgehead atoms. The van der Waals surface area contributed by atoms with Gasteiger partial charge in [-0.15, -0.1) is 0 Å². The summed E-state index contributed by atoms with van der Waals surface area (Å²) in [5.41, 5.74) is 5.39. The van der Waals surface area contributed by atoms with E-state index in [-0.39, 0.29) is 6.16 Å². The van der Waals surface area contributed by atoms with Gasteiger partial charge in [0, 0.05) is 6.16 Å². The van der Waals surface area contributed by atoms with Crippen molar-refractivity contribution >= 4 is 13.3 Å². The van der Waals surface area contributed by atoms with E-state index in [2.05, 4.69) is 6.92 Å². The van der Waals surface area contributed by atoms with Crippen LogP contribution in [0.4, 0.5) is 0 Å². The van der Waals surface area contributed by atoms with Crippen molar-refractivity contribution in [1.29, 1.82) is 0 Å². The second kappa shape index (κ2) is 7.85. The van der Waals surface area contributed by atoms with Gasteiger partial charge in [-0.3, -0.25) is 9.36 Å². The summed E-state index contributed by atoms with van der Waals surface area (Å²) in [5, 5.41) is 9.00.